The van der Waals surface area contributed by atoms with Gasteiger partial charge in [-0.05, 0) is 47.4 Å². The van der Waals surface area contributed by atoms with Crippen LogP contribution < -0.4 is 10.1 Å². The molecular formula is C12H14BrN3O. The van der Waals surface area contributed by atoms with Gasteiger partial charge in [-0.1, -0.05) is 0 Å². The van der Waals surface area contributed by atoms with Crippen LogP contribution in [0.15, 0.2) is 22.9 Å². The van der Waals surface area contributed by atoms with E-state index in [1.807, 2.05) is 18.3 Å². The Labute approximate surface area is 108 Å². The van der Waals surface area contributed by atoms with Gasteiger partial charge in [-0.3, -0.25) is 4.40 Å². The van der Waals surface area contributed by atoms with E-state index >= 15 is 0 Å². The maximum atomic E-state index is 5.37. The second kappa shape index (κ2) is 4.31. The summed E-state index contributed by atoms with van der Waals surface area (Å²) in [5, 5.41) is 3.47. The van der Waals surface area contributed by atoms with Gasteiger partial charge < -0.3 is 10.1 Å². The van der Waals surface area contributed by atoms with Crippen molar-refractivity contribution in [2.45, 2.75) is 18.9 Å². The van der Waals surface area contributed by atoms with Crippen molar-refractivity contribution >= 4 is 21.4 Å². The van der Waals surface area contributed by atoms with Crippen molar-refractivity contribution in [2.75, 3.05) is 13.7 Å². The van der Waals surface area contributed by atoms with Gasteiger partial charge in [0.1, 0.15) is 21.7 Å². The second-order valence-electron chi connectivity index (χ2n) is 4.20. The molecule has 0 spiro atoms. The first-order chi connectivity index (χ1) is 8.31. The zero-order valence-electron chi connectivity index (χ0n) is 9.61. The van der Waals surface area contributed by atoms with Crippen LogP contribution in [-0.4, -0.2) is 23.0 Å². The average molecular weight is 296 g/mol. The summed E-state index contributed by atoms with van der Waals surface area (Å²) in [4.78, 5) is 4.62. The van der Waals surface area contributed by atoms with Crippen LogP contribution in [0, 0.1) is 0 Å². The van der Waals surface area contributed by atoms with Crippen molar-refractivity contribution in [2.24, 2.45) is 0 Å². The van der Waals surface area contributed by atoms with Crippen LogP contribution in [0.2, 0.25) is 0 Å². The number of hydrogen-bond donors (Lipinski definition) is 1. The number of nitrogens with one attached hydrogen (secondary N) is 1. The molecule has 1 saturated heterocycles. The minimum absolute atomic E-state index is 0.348. The van der Waals surface area contributed by atoms with Crippen LogP contribution in [0.25, 0.3) is 5.52 Å². The minimum Gasteiger partial charge on any atom is -0.494 e. The molecule has 3 rings (SSSR count). The Morgan fingerprint density at radius 1 is 1.59 bits per heavy atom. The van der Waals surface area contributed by atoms with Crippen LogP contribution in [0.3, 0.4) is 0 Å². The molecule has 0 radical (unpaired) electrons. The Morgan fingerprint density at radius 3 is 3.18 bits per heavy atom. The number of imidazole rings is 1. The minimum atomic E-state index is 0.348. The fourth-order valence-electron chi connectivity index (χ4n) is 2.40. The van der Waals surface area contributed by atoms with Gasteiger partial charge in [-0.2, -0.15) is 0 Å². The summed E-state index contributed by atoms with van der Waals surface area (Å²) in [5.41, 5.74) is 0.999. The lowest BCUT2D eigenvalue weighted by Gasteiger charge is -2.09. The van der Waals surface area contributed by atoms with Crippen LogP contribution in [0.1, 0.15) is 24.7 Å². The third-order valence-corrected chi connectivity index (χ3v) is 3.76. The number of pyridine rings is 1. The van der Waals surface area contributed by atoms with Gasteiger partial charge in [-0.25, -0.2) is 4.98 Å². The van der Waals surface area contributed by atoms with Gasteiger partial charge in [0.15, 0.2) is 0 Å². The predicted molar refractivity (Wildman–Crippen MR) is 69.4 cm³/mol. The summed E-state index contributed by atoms with van der Waals surface area (Å²) in [6.07, 6.45) is 4.38. The quantitative estimate of drug-likeness (QED) is 0.925. The number of fused-ring (bicyclic) bond motifs is 1. The van der Waals surface area contributed by atoms with E-state index in [9.17, 15) is 0 Å². The molecule has 0 saturated carbocycles. The fourth-order valence-corrected chi connectivity index (χ4v) is 2.97. The van der Waals surface area contributed by atoms with E-state index in [2.05, 4.69) is 30.6 Å². The zero-order valence-corrected chi connectivity index (χ0v) is 11.2. The molecule has 3 heterocycles. The first-order valence-electron chi connectivity index (χ1n) is 5.75. The molecule has 1 aliphatic heterocycles. The first kappa shape index (κ1) is 11.0. The van der Waals surface area contributed by atoms with Gasteiger partial charge in [0.05, 0.1) is 13.2 Å². The average Bonchev–Trinajstić information content (AvgIpc) is 2.97. The van der Waals surface area contributed by atoms with Crippen LogP contribution in [0.5, 0.6) is 5.75 Å². The number of rotatable bonds is 2. The molecule has 1 atom stereocenters. The van der Waals surface area contributed by atoms with E-state index in [0.717, 1.165) is 34.7 Å². The lowest BCUT2D eigenvalue weighted by atomic mass is 10.2. The summed E-state index contributed by atoms with van der Waals surface area (Å²) >= 11 is 3.52. The van der Waals surface area contributed by atoms with Gasteiger partial charge in [-0.15, -0.1) is 0 Å². The monoisotopic (exact) mass is 295 g/mol. The molecule has 2 aromatic rings. The number of aromatic nitrogens is 2. The highest BCUT2D eigenvalue weighted by Gasteiger charge is 2.23. The van der Waals surface area contributed by atoms with Crippen molar-refractivity contribution in [1.29, 1.82) is 0 Å². The molecular weight excluding hydrogens is 282 g/mol. The molecule has 4 nitrogen and oxygen atoms in total. The molecule has 1 fully saturated rings. The normalized spacial score (nSPS) is 20.0. The van der Waals surface area contributed by atoms with Crippen molar-refractivity contribution < 1.29 is 4.74 Å². The molecule has 5 heteroatoms. The number of ether oxygens (including phenoxy) is 1. The van der Waals surface area contributed by atoms with Crippen molar-refractivity contribution in [1.82, 2.24) is 14.7 Å². The summed E-state index contributed by atoms with van der Waals surface area (Å²) in [6.45, 7) is 1.07. The highest BCUT2D eigenvalue weighted by atomic mass is 79.9. The van der Waals surface area contributed by atoms with E-state index in [0.29, 0.717) is 6.04 Å². The Bertz CT molecular complexity index is 546. The SMILES string of the molecule is COc1cccn2c(C3CCCN3)nc(Br)c12. The predicted octanol–water partition coefficient (Wildman–Crippen LogP) is 2.53. The largest absolute Gasteiger partial charge is 0.494 e. The Morgan fingerprint density at radius 2 is 2.47 bits per heavy atom. The summed E-state index contributed by atoms with van der Waals surface area (Å²) in [6, 6.07) is 4.28. The van der Waals surface area contributed by atoms with Crippen LogP contribution in [0.4, 0.5) is 0 Å². The molecule has 17 heavy (non-hydrogen) atoms. The molecule has 0 bridgehead atoms. The van der Waals surface area contributed by atoms with E-state index in [-0.39, 0.29) is 0 Å². The summed E-state index contributed by atoms with van der Waals surface area (Å²) in [7, 11) is 1.68. The Hall–Kier alpha value is -1.07. The van der Waals surface area contributed by atoms with E-state index < -0.39 is 0 Å². The third kappa shape index (κ3) is 1.73. The van der Waals surface area contributed by atoms with Crippen LogP contribution in [-0.2, 0) is 0 Å². The van der Waals surface area contributed by atoms with Gasteiger partial charge in [0.25, 0.3) is 0 Å². The second-order valence-corrected chi connectivity index (χ2v) is 4.96. The molecule has 0 amide bonds. The van der Waals surface area contributed by atoms with Crippen molar-refractivity contribution in [3.05, 3.63) is 28.8 Å². The lowest BCUT2D eigenvalue weighted by molar-refractivity contribution is 0.417. The number of halogens is 1. The standard InChI is InChI=1S/C12H14BrN3O/c1-17-9-5-3-7-16-10(9)11(13)15-12(16)8-4-2-6-14-8/h3,5,7-8,14H,2,4,6H2,1H3. The maximum absolute atomic E-state index is 5.37. The Kier molecular flexibility index (Phi) is 2.80. The topological polar surface area (TPSA) is 38.6 Å². The smallest absolute Gasteiger partial charge is 0.145 e. The molecule has 0 aliphatic carbocycles. The van der Waals surface area contributed by atoms with E-state index in [1.165, 1.54) is 6.42 Å². The first-order valence-corrected chi connectivity index (χ1v) is 6.54. The third-order valence-electron chi connectivity index (χ3n) is 3.20. The number of nitrogens with zero attached hydrogens (tertiary/aromatic N) is 2. The number of hydrogen-bond acceptors (Lipinski definition) is 3. The molecule has 90 valence electrons. The molecule has 2 aromatic heterocycles. The van der Waals surface area contributed by atoms with Crippen LogP contribution >= 0.6 is 15.9 Å². The maximum Gasteiger partial charge on any atom is 0.145 e. The fraction of sp³-hybridized carbons (Fsp3) is 0.417. The summed E-state index contributed by atoms with van der Waals surface area (Å²) < 4.78 is 8.32. The lowest BCUT2D eigenvalue weighted by Crippen LogP contribution is -2.15. The molecule has 1 unspecified atom stereocenters. The number of methoxy groups -OCH3 is 1. The molecule has 1 N–H and O–H groups in total. The molecule has 0 aromatic carbocycles. The summed E-state index contributed by atoms with van der Waals surface area (Å²) in [5.74, 6) is 1.90. The van der Waals surface area contributed by atoms with Gasteiger partial charge >= 0.3 is 0 Å². The van der Waals surface area contributed by atoms with E-state index in [1.54, 1.807) is 7.11 Å². The van der Waals surface area contributed by atoms with Crippen molar-refractivity contribution in [3.63, 3.8) is 0 Å². The highest BCUT2D eigenvalue weighted by Crippen LogP contribution is 2.32. The van der Waals surface area contributed by atoms with Crippen molar-refractivity contribution in [3.8, 4) is 5.75 Å². The zero-order chi connectivity index (χ0) is 11.8. The highest BCUT2D eigenvalue weighted by molar-refractivity contribution is 9.10. The van der Waals surface area contributed by atoms with E-state index in [4.69, 9.17) is 4.74 Å². The van der Waals surface area contributed by atoms with Gasteiger partial charge in [0.2, 0.25) is 0 Å². The van der Waals surface area contributed by atoms with Gasteiger partial charge in [0, 0.05) is 6.20 Å². The molecule has 1 aliphatic rings. The Balaban J connectivity index is 2.20.